The zero-order chi connectivity index (χ0) is 22.9. The fraction of sp³-hybridized carbons (Fsp3) is 0.320. The Morgan fingerprint density at radius 2 is 1.55 bits per heavy atom. The van der Waals surface area contributed by atoms with E-state index in [0.29, 0.717) is 17.7 Å². The summed E-state index contributed by atoms with van der Waals surface area (Å²) in [6, 6.07) is 18.7. The second kappa shape index (κ2) is 8.71. The number of nitrogens with zero attached hydrogens (tertiary/aromatic N) is 5. The quantitative estimate of drug-likeness (QED) is 0.510. The van der Waals surface area contributed by atoms with Crippen LogP contribution in [0.3, 0.4) is 0 Å². The highest BCUT2D eigenvalue weighted by Crippen LogP contribution is 2.23. The summed E-state index contributed by atoms with van der Waals surface area (Å²) >= 11 is 0. The molecule has 0 saturated carbocycles. The molecule has 33 heavy (non-hydrogen) atoms. The molecule has 8 nitrogen and oxygen atoms in total. The Bertz CT molecular complexity index is 1380. The zero-order valence-corrected chi connectivity index (χ0v) is 19.0. The number of fused-ring (bicyclic) bond motifs is 1. The molecule has 0 bridgehead atoms. The Morgan fingerprint density at radius 1 is 0.879 bits per heavy atom. The van der Waals surface area contributed by atoms with Crippen molar-refractivity contribution in [3.63, 3.8) is 0 Å². The van der Waals surface area contributed by atoms with Crippen LogP contribution in [0.25, 0.3) is 11.2 Å². The average molecular weight is 445 g/mol. The van der Waals surface area contributed by atoms with E-state index < -0.39 is 11.2 Å². The maximum absolute atomic E-state index is 12.8. The number of imidazole rings is 1. The molecule has 0 spiro atoms. The van der Waals surface area contributed by atoms with Crippen molar-refractivity contribution in [2.75, 3.05) is 31.1 Å². The summed E-state index contributed by atoms with van der Waals surface area (Å²) in [5.41, 5.74) is 3.64. The molecule has 2 aromatic heterocycles. The topological polar surface area (TPSA) is 79.2 Å². The van der Waals surface area contributed by atoms with Gasteiger partial charge in [0, 0.05) is 39.8 Å². The number of anilines is 1. The summed E-state index contributed by atoms with van der Waals surface area (Å²) in [6.07, 6.45) is 0. The lowest BCUT2D eigenvalue weighted by molar-refractivity contribution is 0.248. The molecule has 0 radical (unpaired) electrons. The van der Waals surface area contributed by atoms with Crippen molar-refractivity contribution in [2.45, 2.75) is 20.0 Å². The van der Waals surface area contributed by atoms with Crippen LogP contribution < -0.4 is 16.1 Å². The van der Waals surface area contributed by atoms with Gasteiger partial charge in [0.1, 0.15) is 0 Å². The Balaban J connectivity index is 1.45. The smallest absolute Gasteiger partial charge is 0.329 e. The molecule has 1 saturated heterocycles. The number of H-pyrrole nitrogens is 1. The van der Waals surface area contributed by atoms with Crippen LogP contribution in [0.4, 0.5) is 5.95 Å². The van der Waals surface area contributed by atoms with Crippen molar-refractivity contribution < 1.29 is 0 Å². The maximum Gasteiger partial charge on any atom is 0.329 e. The van der Waals surface area contributed by atoms with Gasteiger partial charge < -0.3 is 4.90 Å². The second-order valence-corrected chi connectivity index (χ2v) is 8.72. The van der Waals surface area contributed by atoms with E-state index in [1.807, 2.05) is 34.9 Å². The van der Waals surface area contributed by atoms with Gasteiger partial charge in [-0.2, -0.15) is 4.98 Å². The Kier molecular flexibility index (Phi) is 5.60. The molecule has 0 amide bonds. The van der Waals surface area contributed by atoms with E-state index in [1.54, 1.807) is 7.05 Å². The largest absolute Gasteiger partial charge is 0.340 e. The maximum atomic E-state index is 12.8. The summed E-state index contributed by atoms with van der Waals surface area (Å²) in [4.78, 5) is 36.8. The van der Waals surface area contributed by atoms with E-state index in [0.717, 1.165) is 44.2 Å². The lowest BCUT2D eigenvalue weighted by Gasteiger charge is -2.35. The molecule has 5 rings (SSSR count). The summed E-state index contributed by atoms with van der Waals surface area (Å²) in [6.45, 7) is 6.94. The van der Waals surface area contributed by atoms with E-state index in [9.17, 15) is 9.59 Å². The highest BCUT2D eigenvalue weighted by molar-refractivity contribution is 5.74. The molecule has 1 aliphatic heterocycles. The van der Waals surface area contributed by atoms with Crippen LogP contribution in [0.1, 0.15) is 16.7 Å². The molecule has 1 fully saturated rings. The van der Waals surface area contributed by atoms with Gasteiger partial charge in [-0.1, -0.05) is 60.2 Å². The van der Waals surface area contributed by atoms with E-state index >= 15 is 0 Å². The van der Waals surface area contributed by atoms with E-state index in [-0.39, 0.29) is 0 Å². The van der Waals surface area contributed by atoms with Gasteiger partial charge in [-0.3, -0.25) is 23.8 Å². The van der Waals surface area contributed by atoms with Crippen molar-refractivity contribution in [3.8, 4) is 0 Å². The number of benzene rings is 2. The lowest BCUT2D eigenvalue weighted by atomic mass is 10.1. The standard InChI is InChI=1S/C25H28N6O2/c1-18-8-10-20(11-9-18)16-29-12-14-30(15-13-29)24-26-22-21(23(32)27-25(33)28(22)2)31(24)17-19-6-4-3-5-7-19/h3-11H,12-17H2,1-2H3,(H,27,32,33). The third-order valence-corrected chi connectivity index (χ3v) is 6.35. The van der Waals surface area contributed by atoms with Gasteiger partial charge in [0.2, 0.25) is 5.95 Å². The third-order valence-electron chi connectivity index (χ3n) is 6.35. The summed E-state index contributed by atoms with van der Waals surface area (Å²) in [5, 5.41) is 0. The fourth-order valence-electron chi connectivity index (χ4n) is 4.44. The molecule has 170 valence electrons. The lowest BCUT2D eigenvalue weighted by Crippen LogP contribution is -2.46. The van der Waals surface area contributed by atoms with Gasteiger partial charge in [0.25, 0.3) is 5.56 Å². The molecule has 8 heteroatoms. The van der Waals surface area contributed by atoms with Crippen LogP contribution in [0, 0.1) is 6.92 Å². The Labute approximate surface area is 191 Å². The first-order valence-corrected chi connectivity index (χ1v) is 11.3. The van der Waals surface area contributed by atoms with Crippen LogP contribution in [0.5, 0.6) is 0 Å². The number of rotatable bonds is 5. The average Bonchev–Trinajstić information content (AvgIpc) is 3.20. The fourth-order valence-corrected chi connectivity index (χ4v) is 4.44. The number of aryl methyl sites for hydroxylation is 2. The molecule has 4 aromatic rings. The van der Waals surface area contributed by atoms with Gasteiger partial charge in [-0.05, 0) is 18.1 Å². The summed E-state index contributed by atoms with van der Waals surface area (Å²) in [7, 11) is 1.64. The van der Waals surface area contributed by atoms with Gasteiger partial charge in [0.05, 0.1) is 6.54 Å². The van der Waals surface area contributed by atoms with Crippen molar-refractivity contribution in [1.29, 1.82) is 0 Å². The second-order valence-electron chi connectivity index (χ2n) is 8.72. The molecule has 0 atom stereocenters. The van der Waals surface area contributed by atoms with Gasteiger partial charge in [-0.15, -0.1) is 0 Å². The normalized spacial score (nSPS) is 14.8. The number of hydrogen-bond donors (Lipinski definition) is 1. The van der Waals surface area contributed by atoms with E-state index in [4.69, 9.17) is 4.98 Å². The molecule has 1 N–H and O–H groups in total. The van der Waals surface area contributed by atoms with Crippen molar-refractivity contribution >= 4 is 17.1 Å². The molecular weight excluding hydrogens is 416 g/mol. The third kappa shape index (κ3) is 4.21. The summed E-state index contributed by atoms with van der Waals surface area (Å²) < 4.78 is 3.36. The Morgan fingerprint density at radius 3 is 2.24 bits per heavy atom. The first kappa shape index (κ1) is 21.2. The number of nitrogens with one attached hydrogen (secondary N) is 1. The molecule has 1 aliphatic rings. The van der Waals surface area contributed by atoms with Crippen molar-refractivity contribution in [1.82, 2.24) is 24.0 Å². The first-order valence-electron chi connectivity index (χ1n) is 11.3. The minimum absolute atomic E-state index is 0.402. The minimum atomic E-state index is -0.452. The van der Waals surface area contributed by atoms with Crippen LogP contribution in [-0.2, 0) is 20.1 Å². The number of aromatic amines is 1. The number of aromatic nitrogens is 4. The monoisotopic (exact) mass is 444 g/mol. The molecule has 0 unspecified atom stereocenters. The zero-order valence-electron chi connectivity index (χ0n) is 19.0. The predicted molar refractivity (Wildman–Crippen MR) is 130 cm³/mol. The molecule has 2 aromatic carbocycles. The first-order chi connectivity index (χ1) is 16.0. The highest BCUT2D eigenvalue weighted by atomic mass is 16.2. The Hall–Kier alpha value is -3.65. The molecule has 0 aliphatic carbocycles. The van der Waals surface area contributed by atoms with E-state index in [2.05, 4.69) is 46.0 Å². The highest BCUT2D eigenvalue weighted by Gasteiger charge is 2.25. The molecular formula is C25H28N6O2. The van der Waals surface area contributed by atoms with Crippen molar-refractivity contribution in [3.05, 3.63) is 92.1 Å². The van der Waals surface area contributed by atoms with Gasteiger partial charge >= 0.3 is 5.69 Å². The van der Waals surface area contributed by atoms with Crippen LogP contribution in [0.15, 0.2) is 64.2 Å². The van der Waals surface area contributed by atoms with Crippen LogP contribution >= 0.6 is 0 Å². The van der Waals surface area contributed by atoms with Crippen molar-refractivity contribution in [2.24, 2.45) is 7.05 Å². The van der Waals surface area contributed by atoms with Crippen LogP contribution in [0.2, 0.25) is 0 Å². The molecule has 3 heterocycles. The van der Waals surface area contributed by atoms with E-state index in [1.165, 1.54) is 15.7 Å². The number of hydrogen-bond acceptors (Lipinski definition) is 5. The summed E-state index contributed by atoms with van der Waals surface area (Å²) in [5.74, 6) is 0.732. The van der Waals surface area contributed by atoms with Gasteiger partial charge in [0.15, 0.2) is 11.2 Å². The van der Waals surface area contributed by atoms with Gasteiger partial charge in [-0.25, -0.2) is 4.79 Å². The number of piperazine rings is 1. The van der Waals surface area contributed by atoms with Crippen LogP contribution in [-0.4, -0.2) is 50.2 Å². The predicted octanol–water partition coefficient (Wildman–Crippen LogP) is 2.10. The minimum Gasteiger partial charge on any atom is -0.340 e. The SMILES string of the molecule is Cc1ccc(CN2CCN(c3nc4c(c(=O)[nH]c(=O)n4C)n3Cc3ccccc3)CC2)cc1.